The number of carbonyl (C=O) groups excluding carboxylic acids is 2. The first-order chi connectivity index (χ1) is 11.5. The van der Waals surface area contributed by atoms with E-state index in [-0.39, 0.29) is 0 Å². The molecule has 0 bridgehead atoms. The topological polar surface area (TPSA) is 79.8 Å². The Morgan fingerprint density at radius 1 is 1.08 bits per heavy atom. The van der Waals surface area contributed by atoms with E-state index < -0.39 is 11.8 Å². The van der Waals surface area contributed by atoms with Crippen LogP contribution >= 0.6 is 23.2 Å². The molecule has 2 amide bonds. The van der Waals surface area contributed by atoms with Crippen molar-refractivity contribution in [1.29, 1.82) is 0 Å². The van der Waals surface area contributed by atoms with Gasteiger partial charge in [-0.1, -0.05) is 35.3 Å². The van der Waals surface area contributed by atoms with E-state index >= 15 is 0 Å². The first-order valence-corrected chi connectivity index (χ1v) is 7.49. The predicted molar refractivity (Wildman–Crippen MR) is 93.8 cm³/mol. The minimum absolute atomic E-state index is 0.376. The van der Waals surface area contributed by atoms with Gasteiger partial charge in [0.1, 0.15) is 5.75 Å². The van der Waals surface area contributed by atoms with E-state index in [9.17, 15) is 9.59 Å². The lowest BCUT2D eigenvalue weighted by molar-refractivity contribution is -0.136. The highest BCUT2D eigenvalue weighted by atomic mass is 35.5. The number of amides is 2. The maximum atomic E-state index is 11.8. The summed E-state index contributed by atoms with van der Waals surface area (Å²) in [5.41, 5.74) is 2.97. The fourth-order valence-corrected chi connectivity index (χ4v) is 2.22. The Balaban J connectivity index is 1.96. The number of benzene rings is 2. The SMILES string of the molecule is COc1cccc(NC(=O)C(=O)N/N=C\c2c(Cl)cccc2Cl)c1. The first kappa shape index (κ1) is 17.8. The number of hydrogen-bond acceptors (Lipinski definition) is 4. The number of carbonyl (C=O) groups is 2. The summed E-state index contributed by atoms with van der Waals surface area (Å²) in [6.07, 6.45) is 1.27. The van der Waals surface area contributed by atoms with Crippen molar-refractivity contribution < 1.29 is 14.3 Å². The molecular weight excluding hydrogens is 353 g/mol. The van der Waals surface area contributed by atoms with Crippen LogP contribution in [0.5, 0.6) is 5.75 Å². The van der Waals surface area contributed by atoms with Crippen LogP contribution in [-0.4, -0.2) is 25.1 Å². The Kier molecular flexibility index (Phi) is 6.17. The van der Waals surface area contributed by atoms with Crippen molar-refractivity contribution in [3.63, 3.8) is 0 Å². The van der Waals surface area contributed by atoms with E-state index in [0.29, 0.717) is 27.0 Å². The predicted octanol–water partition coefficient (Wildman–Crippen LogP) is 3.09. The summed E-state index contributed by atoms with van der Waals surface area (Å²) < 4.78 is 5.03. The van der Waals surface area contributed by atoms with Crippen LogP contribution in [0.15, 0.2) is 47.6 Å². The van der Waals surface area contributed by atoms with Gasteiger partial charge < -0.3 is 10.1 Å². The number of anilines is 1. The van der Waals surface area contributed by atoms with Gasteiger partial charge in [0.2, 0.25) is 0 Å². The van der Waals surface area contributed by atoms with Crippen molar-refractivity contribution in [3.8, 4) is 5.75 Å². The molecule has 0 saturated carbocycles. The highest BCUT2D eigenvalue weighted by Crippen LogP contribution is 2.22. The van der Waals surface area contributed by atoms with Gasteiger partial charge in [0.05, 0.1) is 23.4 Å². The lowest BCUT2D eigenvalue weighted by Gasteiger charge is -2.06. The van der Waals surface area contributed by atoms with Crippen LogP contribution < -0.4 is 15.5 Å². The first-order valence-electron chi connectivity index (χ1n) is 6.73. The van der Waals surface area contributed by atoms with E-state index in [1.54, 1.807) is 42.5 Å². The Hall–Kier alpha value is -2.57. The molecule has 0 aliphatic heterocycles. The number of hydrazone groups is 1. The van der Waals surface area contributed by atoms with Crippen LogP contribution in [0.1, 0.15) is 5.56 Å². The van der Waals surface area contributed by atoms with Gasteiger partial charge in [-0.2, -0.15) is 5.10 Å². The van der Waals surface area contributed by atoms with Crippen molar-refractivity contribution in [1.82, 2.24) is 5.43 Å². The van der Waals surface area contributed by atoms with Crippen LogP contribution in [-0.2, 0) is 9.59 Å². The third-order valence-electron chi connectivity index (χ3n) is 2.89. The van der Waals surface area contributed by atoms with Gasteiger partial charge in [0.25, 0.3) is 0 Å². The average Bonchev–Trinajstić information content (AvgIpc) is 2.57. The number of halogens is 2. The highest BCUT2D eigenvalue weighted by molar-refractivity contribution is 6.40. The Bertz CT molecular complexity index is 774. The molecule has 0 aliphatic carbocycles. The zero-order valence-corrected chi connectivity index (χ0v) is 14.1. The van der Waals surface area contributed by atoms with Crippen molar-refractivity contribution in [2.24, 2.45) is 5.10 Å². The molecule has 8 heteroatoms. The second-order valence-electron chi connectivity index (χ2n) is 4.52. The molecule has 2 aromatic carbocycles. The molecule has 124 valence electrons. The second-order valence-corrected chi connectivity index (χ2v) is 5.33. The Labute approximate surface area is 148 Å². The van der Waals surface area contributed by atoms with Gasteiger partial charge in [0, 0.05) is 17.3 Å². The number of rotatable bonds is 4. The van der Waals surface area contributed by atoms with Crippen LogP contribution in [0.4, 0.5) is 5.69 Å². The maximum absolute atomic E-state index is 11.8. The molecule has 2 aromatic rings. The quantitative estimate of drug-likeness (QED) is 0.496. The van der Waals surface area contributed by atoms with Gasteiger partial charge in [-0.05, 0) is 24.3 Å². The molecule has 2 N–H and O–H groups in total. The van der Waals surface area contributed by atoms with Crippen LogP contribution in [0.2, 0.25) is 10.0 Å². The Morgan fingerprint density at radius 3 is 2.42 bits per heavy atom. The lowest BCUT2D eigenvalue weighted by atomic mass is 10.2. The molecule has 0 aromatic heterocycles. The summed E-state index contributed by atoms with van der Waals surface area (Å²) in [7, 11) is 1.50. The fourth-order valence-electron chi connectivity index (χ4n) is 1.73. The molecule has 0 saturated heterocycles. The fraction of sp³-hybridized carbons (Fsp3) is 0.0625. The highest BCUT2D eigenvalue weighted by Gasteiger charge is 2.13. The molecule has 0 unspecified atom stereocenters. The molecule has 0 fully saturated rings. The van der Waals surface area contributed by atoms with Crippen molar-refractivity contribution >= 4 is 46.9 Å². The molecule has 0 spiro atoms. The van der Waals surface area contributed by atoms with Gasteiger partial charge in [-0.25, -0.2) is 5.43 Å². The number of ether oxygens (including phenoxy) is 1. The van der Waals surface area contributed by atoms with E-state index in [2.05, 4.69) is 15.8 Å². The molecule has 24 heavy (non-hydrogen) atoms. The molecule has 0 atom stereocenters. The molecule has 6 nitrogen and oxygen atoms in total. The lowest BCUT2D eigenvalue weighted by Crippen LogP contribution is -2.32. The number of nitrogens with one attached hydrogen (secondary N) is 2. The third kappa shape index (κ3) is 4.71. The molecule has 0 radical (unpaired) electrons. The van der Waals surface area contributed by atoms with E-state index in [4.69, 9.17) is 27.9 Å². The average molecular weight is 366 g/mol. The van der Waals surface area contributed by atoms with Crippen LogP contribution in [0, 0.1) is 0 Å². The van der Waals surface area contributed by atoms with Gasteiger partial charge in [-0.15, -0.1) is 0 Å². The number of hydrogen-bond donors (Lipinski definition) is 2. The molecular formula is C16H13Cl2N3O3. The zero-order chi connectivity index (χ0) is 17.5. The summed E-state index contributed by atoms with van der Waals surface area (Å²) in [5.74, 6) is -1.25. The second kappa shape index (κ2) is 8.33. The minimum atomic E-state index is -0.933. The van der Waals surface area contributed by atoms with Gasteiger partial charge >= 0.3 is 11.8 Å². The standard InChI is InChI=1S/C16H13Cl2N3O3/c1-24-11-5-2-4-10(8-11)20-15(22)16(23)21-19-9-12-13(17)6-3-7-14(12)18/h2-9H,1H3,(H,20,22)(H,21,23)/b19-9-. The maximum Gasteiger partial charge on any atom is 0.329 e. The third-order valence-corrected chi connectivity index (χ3v) is 3.55. The zero-order valence-electron chi connectivity index (χ0n) is 12.5. The smallest absolute Gasteiger partial charge is 0.329 e. The van der Waals surface area contributed by atoms with Gasteiger partial charge in [0.15, 0.2) is 0 Å². The summed E-state index contributed by atoms with van der Waals surface area (Å²) in [4.78, 5) is 23.5. The minimum Gasteiger partial charge on any atom is -0.497 e. The molecule has 0 aliphatic rings. The monoisotopic (exact) mass is 365 g/mol. The molecule has 2 rings (SSSR count). The largest absolute Gasteiger partial charge is 0.497 e. The number of nitrogens with zero attached hydrogens (tertiary/aromatic N) is 1. The number of methoxy groups -OCH3 is 1. The van der Waals surface area contributed by atoms with E-state index in [0.717, 1.165) is 0 Å². The van der Waals surface area contributed by atoms with Gasteiger partial charge in [-0.3, -0.25) is 9.59 Å². The van der Waals surface area contributed by atoms with E-state index in [1.165, 1.54) is 13.3 Å². The van der Waals surface area contributed by atoms with Crippen LogP contribution in [0.25, 0.3) is 0 Å². The summed E-state index contributed by atoms with van der Waals surface area (Å²) in [6, 6.07) is 11.6. The van der Waals surface area contributed by atoms with E-state index in [1.807, 2.05) is 0 Å². The summed E-state index contributed by atoms with van der Waals surface area (Å²) in [6.45, 7) is 0. The summed E-state index contributed by atoms with van der Waals surface area (Å²) >= 11 is 11.9. The normalized spacial score (nSPS) is 10.5. The van der Waals surface area contributed by atoms with Crippen LogP contribution in [0.3, 0.4) is 0 Å². The Morgan fingerprint density at radius 2 is 1.75 bits per heavy atom. The van der Waals surface area contributed by atoms with Crippen molar-refractivity contribution in [3.05, 3.63) is 58.1 Å². The summed E-state index contributed by atoms with van der Waals surface area (Å²) in [5, 5.41) is 6.86. The van der Waals surface area contributed by atoms with Crippen molar-refractivity contribution in [2.45, 2.75) is 0 Å². The molecule has 0 heterocycles. The van der Waals surface area contributed by atoms with Crippen molar-refractivity contribution in [2.75, 3.05) is 12.4 Å².